The maximum absolute atomic E-state index is 8.72. The minimum absolute atomic E-state index is 0.810. The van der Waals surface area contributed by atoms with Crippen LogP contribution < -0.4 is 0 Å². The molecule has 62 valence electrons. The zero-order valence-corrected chi connectivity index (χ0v) is 7.34. The first-order valence-electron chi connectivity index (χ1n) is 3.85. The average Bonchev–Trinajstić information content (AvgIpc) is 2.17. The topological polar surface area (TPSA) is 32.6 Å². The molecule has 0 saturated heterocycles. The third-order valence-corrected chi connectivity index (χ3v) is 2.99. The first-order chi connectivity index (χ1) is 5.92. The smallest absolute Gasteiger partial charge is 0.0887 e. The summed E-state index contributed by atoms with van der Waals surface area (Å²) in [4.78, 5) is 1.22. The standard InChI is InChI=1S/C9H9NOS/c11-10-8-5-6-12-9-4-2-1-3-7(8)9/h1-4,11H,5-6H2/b10-8+. The summed E-state index contributed by atoms with van der Waals surface area (Å²) in [5.74, 6) is 1.01. The predicted octanol–water partition coefficient (Wildman–Crippen LogP) is 2.36. The molecule has 1 heterocycles. The highest BCUT2D eigenvalue weighted by molar-refractivity contribution is 7.99. The van der Waals surface area contributed by atoms with Gasteiger partial charge in [-0.3, -0.25) is 0 Å². The Morgan fingerprint density at radius 1 is 1.33 bits per heavy atom. The predicted molar refractivity (Wildman–Crippen MR) is 50.1 cm³/mol. The number of hydrogen-bond acceptors (Lipinski definition) is 3. The summed E-state index contributed by atoms with van der Waals surface area (Å²) in [5, 5.41) is 12.0. The van der Waals surface area contributed by atoms with Crippen molar-refractivity contribution in [3.05, 3.63) is 29.8 Å². The van der Waals surface area contributed by atoms with Crippen molar-refractivity contribution < 1.29 is 5.21 Å². The SMILES string of the molecule is O/N=C1\CCSc2ccccc21. The van der Waals surface area contributed by atoms with Gasteiger partial charge in [0.15, 0.2) is 0 Å². The van der Waals surface area contributed by atoms with Crippen molar-refractivity contribution in [3.63, 3.8) is 0 Å². The molecule has 0 fully saturated rings. The number of rotatable bonds is 0. The van der Waals surface area contributed by atoms with Crippen molar-refractivity contribution in [2.45, 2.75) is 11.3 Å². The molecule has 0 unspecified atom stereocenters. The van der Waals surface area contributed by atoms with E-state index in [1.165, 1.54) is 4.90 Å². The van der Waals surface area contributed by atoms with Gasteiger partial charge in [0.25, 0.3) is 0 Å². The summed E-state index contributed by atoms with van der Waals surface area (Å²) in [7, 11) is 0. The quantitative estimate of drug-likeness (QED) is 0.490. The molecular weight excluding hydrogens is 170 g/mol. The first kappa shape index (κ1) is 7.68. The van der Waals surface area contributed by atoms with E-state index >= 15 is 0 Å². The van der Waals surface area contributed by atoms with Gasteiger partial charge in [0.1, 0.15) is 0 Å². The molecule has 1 N–H and O–H groups in total. The Kier molecular flexibility index (Phi) is 2.04. The number of oxime groups is 1. The lowest BCUT2D eigenvalue weighted by molar-refractivity contribution is 0.318. The van der Waals surface area contributed by atoms with Crippen LogP contribution in [0.3, 0.4) is 0 Å². The van der Waals surface area contributed by atoms with E-state index in [1.54, 1.807) is 0 Å². The molecule has 12 heavy (non-hydrogen) atoms. The van der Waals surface area contributed by atoms with Gasteiger partial charge in [-0.25, -0.2) is 0 Å². The number of hydrogen-bond donors (Lipinski definition) is 1. The van der Waals surface area contributed by atoms with Crippen LogP contribution in [0.4, 0.5) is 0 Å². The fraction of sp³-hybridized carbons (Fsp3) is 0.222. The Morgan fingerprint density at radius 2 is 2.17 bits per heavy atom. The van der Waals surface area contributed by atoms with Crippen LogP contribution >= 0.6 is 11.8 Å². The highest BCUT2D eigenvalue weighted by Gasteiger charge is 2.14. The maximum atomic E-state index is 8.72. The second-order valence-electron chi connectivity index (χ2n) is 2.64. The highest BCUT2D eigenvalue weighted by Crippen LogP contribution is 2.29. The van der Waals surface area contributed by atoms with E-state index in [2.05, 4.69) is 11.2 Å². The molecule has 1 aromatic carbocycles. The van der Waals surface area contributed by atoms with Gasteiger partial charge in [-0.15, -0.1) is 11.8 Å². The molecule has 0 aromatic heterocycles. The van der Waals surface area contributed by atoms with Crippen LogP contribution in [-0.2, 0) is 0 Å². The van der Waals surface area contributed by atoms with Crippen LogP contribution in [0, 0.1) is 0 Å². The normalized spacial score (nSPS) is 19.2. The van der Waals surface area contributed by atoms with Gasteiger partial charge in [0, 0.05) is 22.6 Å². The molecule has 1 aromatic rings. The van der Waals surface area contributed by atoms with Crippen molar-refractivity contribution in [1.29, 1.82) is 0 Å². The monoisotopic (exact) mass is 179 g/mol. The minimum Gasteiger partial charge on any atom is -0.411 e. The van der Waals surface area contributed by atoms with E-state index in [0.29, 0.717) is 0 Å². The number of nitrogens with zero attached hydrogens (tertiary/aromatic N) is 1. The van der Waals surface area contributed by atoms with E-state index in [4.69, 9.17) is 5.21 Å². The van der Waals surface area contributed by atoms with Crippen LogP contribution in [0.1, 0.15) is 12.0 Å². The van der Waals surface area contributed by atoms with Gasteiger partial charge in [-0.1, -0.05) is 23.4 Å². The zero-order chi connectivity index (χ0) is 8.39. The van der Waals surface area contributed by atoms with E-state index in [9.17, 15) is 0 Å². The van der Waals surface area contributed by atoms with Gasteiger partial charge in [-0.05, 0) is 6.07 Å². The summed E-state index contributed by atoms with van der Waals surface area (Å²) in [6, 6.07) is 8.03. The molecule has 0 bridgehead atoms. The molecule has 0 amide bonds. The third kappa shape index (κ3) is 1.20. The number of fused-ring (bicyclic) bond motifs is 1. The van der Waals surface area contributed by atoms with Crippen molar-refractivity contribution in [1.82, 2.24) is 0 Å². The Labute approximate surface area is 75.3 Å². The molecule has 3 heteroatoms. The molecule has 1 aliphatic heterocycles. The minimum atomic E-state index is 0.810. The summed E-state index contributed by atoms with van der Waals surface area (Å²) >= 11 is 1.82. The second-order valence-corrected chi connectivity index (χ2v) is 3.78. The number of thioether (sulfide) groups is 1. The molecule has 0 atom stereocenters. The molecular formula is C9H9NOS. The van der Waals surface area contributed by atoms with Crippen LogP contribution in [0.15, 0.2) is 34.3 Å². The third-order valence-electron chi connectivity index (χ3n) is 1.92. The van der Waals surface area contributed by atoms with Crippen LogP contribution in [0.25, 0.3) is 0 Å². The van der Waals surface area contributed by atoms with Crippen molar-refractivity contribution in [3.8, 4) is 0 Å². The Morgan fingerprint density at radius 3 is 3.00 bits per heavy atom. The van der Waals surface area contributed by atoms with Gasteiger partial charge in [0.05, 0.1) is 5.71 Å². The molecule has 2 rings (SSSR count). The van der Waals surface area contributed by atoms with Gasteiger partial charge < -0.3 is 5.21 Å². The summed E-state index contributed by atoms with van der Waals surface area (Å²) in [5.41, 5.74) is 1.89. The lowest BCUT2D eigenvalue weighted by Crippen LogP contribution is -2.08. The lowest BCUT2D eigenvalue weighted by atomic mass is 10.1. The second kappa shape index (κ2) is 3.19. The average molecular weight is 179 g/mol. The van der Waals surface area contributed by atoms with Gasteiger partial charge in [0.2, 0.25) is 0 Å². The summed E-state index contributed by atoms with van der Waals surface area (Å²) in [6.45, 7) is 0. The summed E-state index contributed by atoms with van der Waals surface area (Å²) < 4.78 is 0. The van der Waals surface area contributed by atoms with E-state index in [1.807, 2.05) is 30.0 Å². The molecule has 2 nitrogen and oxygen atoms in total. The van der Waals surface area contributed by atoms with E-state index in [0.717, 1.165) is 23.4 Å². The summed E-state index contributed by atoms with van der Waals surface area (Å²) in [6.07, 6.45) is 0.859. The Hall–Kier alpha value is -0.960. The molecule has 0 saturated carbocycles. The zero-order valence-electron chi connectivity index (χ0n) is 6.53. The molecule has 1 aliphatic rings. The Balaban J connectivity index is 2.51. The maximum Gasteiger partial charge on any atom is 0.0887 e. The molecule has 0 aliphatic carbocycles. The largest absolute Gasteiger partial charge is 0.411 e. The van der Waals surface area contributed by atoms with Crippen LogP contribution in [0.2, 0.25) is 0 Å². The van der Waals surface area contributed by atoms with Gasteiger partial charge in [-0.2, -0.15) is 0 Å². The Bertz CT molecular complexity index is 322. The van der Waals surface area contributed by atoms with E-state index in [-0.39, 0.29) is 0 Å². The fourth-order valence-corrected chi connectivity index (χ4v) is 2.36. The van der Waals surface area contributed by atoms with Crippen molar-refractivity contribution in [2.24, 2.45) is 5.16 Å². The van der Waals surface area contributed by atoms with Gasteiger partial charge >= 0.3 is 0 Å². The van der Waals surface area contributed by atoms with Crippen molar-refractivity contribution in [2.75, 3.05) is 5.75 Å². The lowest BCUT2D eigenvalue weighted by Gasteiger charge is -2.15. The first-order valence-corrected chi connectivity index (χ1v) is 4.83. The fourth-order valence-electron chi connectivity index (χ4n) is 1.33. The van der Waals surface area contributed by atoms with Crippen LogP contribution in [-0.4, -0.2) is 16.7 Å². The van der Waals surface area contributed by atoms with E-state index < -0.39 is 0 Å². The van der Waals surface area contributed by atoms with Crippen LogP contribution in [0.5, 0.6) is 0 Å². The van der Waals surface area contributed by atoms with Crippen molar-refractivity contribution >= 4 is 17.5 Å². The molecule has 0 radical (unpaired) electrons. The number of benzene rings is 1. The highest BCUT2D eigenvalue weighted by atomic mass is 32.2. The molecule has 0 spiro atoms.